The number of aryl methyl sites for hydroxylation is 1. The molecule has 0 N–H and O–H groups in total. The van der Waals surface area contributed by atoms with Crippen LogP contribution in [-0.4, -0.2) is 52.6 Å². The Balaban J connectivity index is 1.52. The van der Waals surface area contributed by atoms with Crippen molar-refractivity contribution in [2.24, 2.45) is 0 Å². The van der Waals surface area contributed by atoms with Crippen LogP contribution >= 0.6 is 23.3 Å². The molecular formula is C16H27N3S2. The van der Waals surface area contributed by atoms with Crippen molar-refractivity contribution in [3.05, 3.63) is 10.4 Å². The fraction of sp³-hybridized carbons (Fsp3) is 0.812. The lowest BCUT2D eigenvalue weighted by molar-refractivity contribution is 0.0893. The van der Waals surface area contributed by atoms with Crippen LogP contribution in [0.4, 0.5) is 0 Å². The maximum absolute atomic E-state index is 4.56. The number of rotatable bonds is 4. The Hall–Kier alpha value is -0.100. The van der Waals surface area contributed by atoms with Crippen molar-refractivity contribution in [3.8, 4) is 0 Å². The number of likely N-dealkylation sites (tertiary alicyclic amines) is 2. The molecule has 118 valence electrons. The summed E-state index contributed by atoms with van der Waals surface area (Å²) >= 11 is 3.45. The van der Waals surface area contributed by atoms with Gasteiger partial charge in [-0.2, -0.15) is 4.37 Å². The van der Waals surface area contributed by atoms with Crippen molar-refractivity contribution in [2.45, 2.75) is 56.6 Å². The second kappa shape index (κ2) is 7.44. The summed E-state index contributed by atoms with van der Waals surface area (Å²) in [7, 11) is 0. The van der Waals surface area contributed by atoms with Gasteiger partial charge in [0.2, 0.25) is 0 Å². The molecule has 2 saturated heterocycles. The monoisotopic (exact) mass is 325 g/mol. The Kier molecular flexibility index (Phi) is 5.60. The molecule has 0 saturated carbocycles. The lowest BCUT2D eigenvalue weighted by atomic mass is 9.99. The zero-order chi connectivity index (χ0) is 14.7. The predicted molar refractivity (Wildman–Crippen MR) is 92.4 cm³/mol. The Morgan fingerprint density at radius 3 is 2.52 bits per heavy atom. The van der Waals surface area contributed by atoms with Gasteiger partial charge in [-0.1, -0.05) is 6.42 Å². The smallest absolute Gasteiger partial charge is 0.114 e. The van der Waals surface area contributed by atoms with E-state index in [4.69, 9.17) is 0 Å². The maximum atomic E-state index is 4.56. The molecule has 0 bridgehead atoms. The van der Waals surface area contributed by atoms with E-state index < -0.39 is 0 Å². The highest BCUT2D eigenvalue weighted by Gasteiger charge is 2.26. The summed E-state index contributed by atoms with van der Waals surface area (Å²) in [5, 5.41) is 1.25. The molecule has 3 rings (SSSR count). The lowest BCUT2D eigenvalue weighted by Gasteiger charge is -2.40. The number of nitrogens with zero attached hydrogens (tertiary/aromatic N) is 3. The molecular weight excluding hydrogens is 298 g/mol. The zero-order valence-electron chi connectivity index (χ0n) is 13.3. The summed E-state index contributed by atoms with van der Waals surface area (Å²) in [5.74, 6) is 0. The molecule has 1 aromatic heterocycles. The number of thioether (sulfide) groups is 1. The molecule has 2 aliphatic heterocycles. The Morgan fingerprint density at radius 1 is 1.14 bits per heavy atom. The van der Waals surface area contributed by atoms with Gasteiger partial charge in [-0.15, -0.1) is 11.8 Å². The quantitative estimate of drug-likeness (QED) is 0.787. The van der Waals surface area contributed by atoms with Crippen molar-refractivity contribution >= 4 is 23.3 Å². The van der Waals surface area contributed by atoms with E-state index in [0.717, 1.165) is 12.6 Å². The molecule has 0 aromatic carbocycles. The topological polar surface area (TPSA) is 19.4 Å². The predicted octanol–water partition coefficient (Wildman–Crippen LogP) is 3.62. The van der Waals surface area contributed by atoms with Gasteiger partial charge in [0, 0.05) is 23.0 Å². The summed E-state index contributed by atoms with van der Waals surface area (Å²) in [5.41, 5.74) is 1.48. The van der Waals surface area contributed by atoms with Crippen molar-refractivity contribution < 1.29 is 0 Å². The summed E-state index contributed by atoms with van der Waals surface area (Å²) in [4.78, 5) is 6.79. The highest BCUT2D eigenvalue weighted by Crippen LogP contribution is 2.28. The third kappa shape index (κ3) is 3.81. The van der Waals surface area contributed by atoms with Gasteiger partial charge in [0.05, 0.1) is 0 Å². The van der Waals surface area contributed by atoms with Crippen LogP contribution < -0.4 is 0 Å². The Labute approximate surface area is 137 Å². The molecule has 0 radical (unpaired) electrons. The molecule has 1 aromatic rings. The van der Waals surface area contributed by atoms with E-state index >= 15 is 0 Å². The molecule has 0 spiro atoms. The summed E-state index contributed by atoms with van der Waals surface area (Å²) in [6, 6.07) is 0.850. The maximum Gasteiger partial charge on any atom is 0.114 e. The number of piperidine rings is 2. The van der Waals surface area contributed by atoms with Gasteiger partial charge in [-0.25, -0.2) is 0 Å². The first kappa shape index (κ1) is 15.8. The van der Waals surface area contributed by atoms with Crippen LogP contribution in [0.15, 0.2) is 5.03 Å². The lowest BCUT2D eigenvalue weighted by Crippen LogP contribution is -2.46. The molecule has 5 heteroatoms. The average molecular weight is 326 g/mol. The van der Waals surface area contributed by atoms with E-state index in [1.807, 2.05) is 0 Å². The Morgan fingerprint density at radius 2 is 1.86 bits per heavy atom. The second-order valence-corrected chi connectivity index (χ2v) is 8.10. The first-order chi connectivity index (χ1) is 10.3. The molecule has 0 aliphatic carbocycles. The van der Waals surface area contributed by atoms with Crippen molar-refractivity contribution in [3.63, 3.8) is 0 Å². The molecule has 3 nitrogen and oxygen atoms in total. The van der Waals surface area contributed by atoms with Crippen LogP contribution in [0.2, 0.25) is 0 Å². The fourth-order valence-corrected chi connectivity index (χ4v) is 5.20. The van der Waals surface area contributed by atoms with Crippen LogP contribution in [0.3, 0.4) is 0 Å². The van der Waals surface area contributed by atoms with Gasteiger partial charge in [-0.3, -0.25) is 4.90 Å². The van der Waals surface area contributed by atoms with Crippen LogP contribution in [-0.2, 0) is 6.54 Å². The van der Waals surface area contributed by atoms with E-state index in [2.05, 4.69) is 27.4 Å². The minimum Gasteiger partial charge on any atom is -0.300 e. The molecule has 2 fully saturated rings. The van der Waals surface area contributed by atoms with Gasteiger partial charge >= 0.3 is 0 Å². The van der Waals surface area contributed by atoms with E-state index in [1.54, 1.807) is 23.3 Å². The normalized spacial score (nSPS) is 22.8. The standard InChI is InChI=1S/C16H27N3S2/c1-13-15(16(20-2)17-21-13)12-18-10-6-14(7-11-18)19-8-4-3-5-9-19/h14H,3-12H2,1-2H3. The summed E-state index contributed by atoms with van der Waals surface area (Å²) in [6.07, 6.45) is 9.11. The molecule has 0 amide bonds. The number of hydrogen-bond donors (Lipinski definition) is 0. The number of aromatic nitrogens is 1. The van der Waals surface area contributed by atoms with Gasteiger partial charge in [0.15, 0.2) is 0 Å². The minimum atomic E-state index is 0.850. The third-order valence-corrected chi connectivity index (χ3v) is 6.62. The minimum absolute atomic E-state index is 0.850. The fourth-order valence-electron chi connectivity index (χ4n) is 3.66. The van der Waals surface area contributed by atoms with Crippen LogP contribution in [0.1, 0.15) is 42.5 Å². The van der Waals surface area contributed by atoms with Gasteiger partial charge < -0.3 is 4.90 Å². The highest BCUT2D eigenvalue weighted by molar-refractivity contribution is 7.98. The van der Waals surface area contributed by atoms with Gasteiger partial charge in [0.25, 0.3) is 0 Å². The van der Waals surface area contributed by atoms with E-state index in [9.17, 15) is 0 Å². The van der Waals surface area contributed by atoms with Gasteiger partial charge in [0.1, 0.15) is 5.03 Å². The zero-order valence-corrected chi connectivity index (χ0v) is 14.9. The number of hydrogen-bond acceptors (Lipinski definition) is 5. The molecule has 0 atom stereocenters. The Bertz CT molecular complexity index is 446. The second-order valence-electron chi connectivity index (χ2n) is 6.33. The largest absolute Gasteiger partial charge is 0.300 e. The molecule has 2 aliphatic rings. The summed E-state index contributed by atoms with van der Waals surface area (Å²) in [6.45, 7) is 8.51. The van der Waals surface area contributed by atoms with Crippen molar-refractivity contribution in [2.75, 3.05) is 32.4 Å². The van der Waals surface area contributed by atoms with Crippen LogP contribution in [0, 0.1) is 6.92 Å². The van der Waals surface area contributed by atoms with E-state index in [-0.39, 0.29) is 0 Å². The third-order valence-electron chi connectivity index (χ3n) is 4.99. The molecule has 0 unspecified atom stereocenters. The van der Waals surface area contributed by atoms with Gasteiger partial charge in [-0.05, 0) is 76.6 Å². The van der Waals surface area contributed by atoms with Crippen molar-refractivity contribution in [1.82, 2.24) is 14.2 Å². The SMILES string of the molecule is CSc1nsc(C)c1CN1CCC(N2CCCCC2)CC1. The first-order valence-corrected chi connectivity index (χ1v) is 10.2. The van der Waals surface area contributed by atoms with E-state index in [1.165, 1.54) is 73.7 Å². The highest BCUT2D eigenvalue weighted by atomic mass is 32.2. The molecule has 3 heterocycles. The van der Waals surface area contributed by atoms with Crippen molar-refractivity contribution in [1.29, 1.82) is 0 Å². The molecule has 21 heavy (non-hydrogen) atoms. The van der Waals surface area contributed by atoms with E-state index in [0.29, 0.717) is 0 Å². The van der Waals surface area contributed by atoms with Crippen LogP contribution in [0.5, 0.6) is 0 Å². The van der Waals surface area contributed by atoms with Crippen LogP contribution in [0.25, 0.3) is 0 Å². The first-order valence-electron chi connectivity index (χ1n) is 8.23. The average Bonchev–Trinajstić information content (AvgIpc) is 2.89. The summed E-state index contributed by atoms with van der Waals surface area (Å²) < 4.78 is 4.56.